The minimum Gasteiger partial charge on any atom is -0.476 e. The molecule has 2 atom stereocenters. The van der Waals surface area contributed by atoms with Gasteiger partial charge in [0.25, 0.3) is 0 Å². The Labute approximate surface area is 134 Å². The van der Waals surface area contributed by atoms with Gasteiger partial charge in [-0.05, 0) is 36.1 Å². The van der Waals surface area contributed by atoms with Crippen LogP contribution in [0.2, 0.25) is 0 Å². The summed E-state index contributed by atoms with van der Waals surface area (Å²) in [6, 6.07) is 3.22. The summed E-state index contributed by atoms with van der Waals surface area (Å²) in [4.78, 5) is 26.6. The summed E-state index contributed by atoms with van der Waals surface area (Å²) in [5, 5.41) is 13.3. The van der Waals surface area contributed by atoms with Gasteiger partial charge in [-0.25, -0.2) is 18.6 Å². The minimum atomic E-state index is -1.12. The lowest BCUT2D eigenvalue weighted by Crippen LogP contribution is -2.25. The molecular formula is C15H12F2N2O3S. The SMILES string of the molecule is O=C(O)c1csc(CNC(=O)[C@H]2C[C@@H]2c2cc(F)ccc2F)n1. The van der Waals surface area contributed by atoms with E-state index in [1.165, 1.54) is 5.38 Å². The highest BCUT2D eigenvalue weighted by Crippen LogP contribution is 2.48. The average Bonchev–Trinajstić information content (AvgIpc) is 3.16. The summed E-state index contributed by atoms with van der Waals surface area (Å²) in [5.41, 5.74) is 0.151. The number of rotatable bonds is 5. The van der Waals surface area contributed by atoms with Crippen molar-refractivity contribution in [3.63, 3.8) is 0 Å². The van der Waals surface area contributed by atoms with Crippen molar-refractivity contribution in [2.75, 3.05) is 0 Å². The molecule has 0 bridgehead atoms. The number of carboxylic acid groups (broad SMARTS) is 1. The van der Waals surface area contributed by atoms with Crippen LogP contribution in [0.1, 0.15) is 33.4 Å². The Morgan fingerprint density at radius 3 is 2.87 bits per heavy atom. The molecule has 1 fully saturated rings. The zero-order valence-corrected chi connectivity index (χ0v) is 12.6. The number of aromatic nitrogens is 1. The van der Waals surface area contributed by atoms with E-state index < -0.39 is 23.5 Å². The molecule has 120 valence electrons. The Bertz CT molecular complexity index is 778. The number of amides is 1. The Balaban J connectivity index is 1.58. The fraction of sp³-hybridized carbons (Fsp3) is 0.267. The Morgan fingerprint density at radius 2 is 2.17 bits per heavy atom. The first-order chi connectivity index (χ1) is 11.0. The van der Waals surface area contributed by atoms with E-state index in [0.717, 1.165) is 29.5 Å². The number of carbonyl (C=O) groups excluding carboxylic acids is 1. The van der Waals surface area contributed by atoms with E-state index in [0.29, 0.717) is 11.4 Å². The topological polar surface area (TPSA) is 79.3 Å². The fourth-order valence-corrected chi connectivity index (χ4v) is 3.12. The predicted molar refractivity (Wildman–Crippen MR) is 78.1 cm³/mol. The molecule has 1 aromatic carbocycles. The van der Waals surface area contributed by atoms with Gasteiger partial charge in [-0.1, -0.05) is 0 Å². The van der Waals surface area contributed by atoms with Crippen molar-refractivity contribution in [3.8, 4) is 0 Å². The Morgan fingerprint density at radius 1 is 1.39 bits per heavy atom. The van der Waals surface area contributed by atoms with Crippen molar-refractivity contribution in [2.45, 2.75) is 18.9 Å². The van der Waals surface area contributed by atoms with Gasteiger partial charge in [-0.3, -0.25) is 4.79 Å². The van der Waals surface area contributed by atoms with Gasteiger partial charge < -0.3 is 10.4 Å². The van der Waals surface area contributed by atoms with Crippen LogP contribution in [0.15, 0.2) is 23.6 Å². The van der Waals surface area contributed by atoms with Gasteiger partial charge in [-0.15, -0.1) is 11.3 Å². The van der Waals surface area contributed by atoms with Gasteiger partial charge in [0.2, 0.25) is 5.91 Å². The second-order valence-corrected chi connectivity index (χ2v) is 6.21. The lowest BCUT2D eigenvalue weighted by atomic mass is 10.1. The molecule has 0 saturated heterocycles. The van der Waals surface area contributed by atoms with Gasteiger partial charge >= 0.3 is 5.97 Å². The van der Waals surface area contributed by atoms with E-state index >= 15 is 0 Å². The highest BCUT2D eigenvalue weighted by Gasteiger charge is 2.45. The third-order valence-corrected chi connectivity index (χ3v) is 4.52. The maximum Gasteiger partial charge on any atom is 0.355 e. The van der Waals surface area contributed by atoms with E-state index in [1.807, 2.05) is 0 Å². The second kappa shape index (κ2) is 6.04. The van der Waals surface area contributed by atoms with E-state index in [-0.39, 0.29) is 29.6 Å². The molecule has 3 rings (SSSR count). The minimum absolute atomic E-state index is 0.0645. The van der Waals surface area contributed by atoms with Crippen LogP contribution < -0.4 is 5.32 Å². The first kappa shape index (κ1) is 15.5. The lowest BCUT2D eigenvalue weighted by molar-refractivity contribution is -0.122. The zero-order valence-electron chi connectivity index (χ0n) is 11.8. The number of halogens is 2. The number of thiazole rings is 1. The van der Waals surface area contributed by atoms with Crippen molar-refractivity contribution < 1.29 is 23.5 Å². The standard InChI is InChI=1S/C15H12F2N2O3S/c16-7-1-2-11(17)9(3-7)8-4-10(8)14(20)18-5-13-19-12(6-23-13)15(21)22/h1-3,6,8,10H,4-5H2,(H,18,20)(H,21,22)/t8-,10+/m1/s1. The van der Waals surface area contributed by atoms with Crippen molar-refractivity contribution in [1.82, 2.24) is 10.3 Å². The van der Waals surface area contributed by atoms with Crippen LogP contribution in [-0.4, -0.2) is 22.0 Å². The third kappa shape index (κ3) is 3.37. The van der Waals surface area contributed by atoms with Gasteiger partial charge in [0.15, 0.2) is 5.69 Å². The molecule has 1 heterocycles. The summed E-state index contributed by atoms with van der Waals surface area (Å²) < 4.78 is 26.8. The monoisotopic (exact) mass is 338 g/mol. The maximum atomic E-state index is 13.7. The van der Waals surface area contributed by atoms with Crippen molar-refractivity contribution in [3.05, 3.63) is 51.5 Å². The first-order valence-corrected chi connectivity index (χ1v) is 7.74. The molecule has 0 radical (unpaired) electrons. The number of benzene rings is 1. The molecule has 2 N–H and O–H groups in total. The fourth-order valence-electron chi connectivity index (χ4n) is 2.41. The molecule has 0 spiro atoms. The maximum absolute atomic E-state index is 13.7. The quantitative estimate of drug-likeness (QED) is 0.878. The van der Waals surface area contributed by atoms with Crippen LogP contribution in [0.3, 0.4) is 0 Å². The van der Waals surface area contributed by atoms with E-state index in [4.69, 9.17) is 5.11 Å². The Kier molecular flexibility index (Phi) is 4.08. The van der Waals surface area contributed by atoms with Crippen LogP contribution in [0.25, 0.3) is 0 Å². The zero-order chi connectivity index (χ0) is 16.6. The Hall–Kier alpha value is -2.35. The highest BCUT2D eigenvalue weighted by molar-refractivity contribution is 7.09. The molecule has 8 heteroatoms. The number of hydrogen-bond acceptors (Lipinski definition) is 4. The van der Waals surface area contributed by atoms with Crippen molar-refractivity contribution in [1.29, 1.82) is 0 Å². The number of hydrogen-bond donors (Lipinski definition) is 2. The second-order valence-electron chi connectivity index (χ2n) is 5.26. The smallest absolute Gasteiger partial charge is 0.355 e. The summed E-state index contributed by atoms with van der Waals surface area (Å²) in [6.45, 7) is 0.117. The normalized spacial score (nSPS) is 19.4. The van der Waals surface area contributed by atoms with Crippen LogP contribution in [0.5, 0.6) is 0 Å². The molecule has 1 aliphatic rings. The third-order valence-electron chi connectivity index (χ3n) is 3.67. The van der Waals surface area contributed by atoms with Crippen LogP contribution in [-0.2, 0) is 11.3 Å². The summed E-state index contributed by atoms with van der Waals surface area (Å²) in [5.74, 6) is -3.16. The summed E-state index contributed by atoms with van der Waals surface area (Å²) in [6.07, 6.45) is 0.463. The summed E-state index contributed by atoms with van der Waals surface area (Å²) in [7, 11) is 0. The molecule has 0 unspecified atom stereocenters. The number of nitrogens with one attached hydrogen (secondary N) is 1. The number of carbonyl (C=O) groups is 2. The highest BCUT2D eigenvalue weighted by atomic mass is 32.1. The molecule has 5 nitrogen and oxygen atoms in total. The predicted octanol–water partition coefficient (Wildman–Crippen LogP) is 2.54. The lowest BCUT2D eigenvalue weighted by Gasteiger charge is -2.04. The van der Waals surface area contributed by atoms with Crippen molar-refractivity contribution >= 4 is 23.2 Å². The molecule has 0 aliphatic heterocycles. The van der Waals surface area contributed by atoms with Crippen LogP contribution >= 0.6 is 11.3 Å². The van der Waals surface area contributed by atoms with Gasteiger partial charge in [0.1, 0.15) is 16.6 Å². The number of nitrogens with zero attached hydrogens (tertiary/aromatic N) is 1. The number of carboxylic acids is 1. The first-order valence-electron chi connectivity index (χ1n) is 6.86. The molecule has 1 saturated carbocycles. The van der Waals surface area contributed by atoms with E-state index in [9.17, 15) is 18.4 Å². The van der Waals surface area contributed by atoms with Gasteiger partial charge in [0, 0.05) is 11.3 Å². The molecule has 1 amide bonds. The largest absolute Gasteiger partial charge is 0.476 e. The number of aromatic carboxylic acids is 1. The average molecular weight is 338 g/mol. The summed E-state index contributed by atoms with van der Waals surface area (Å²) >= 11 is 1.14. The van der Waals surface area contributed by atoms with Crippen LogP contribution in [0, 0.1) is 17.6 Å². The molecule has 1 aliphatic carbocycles. The van der Waals surface area contributed by atoms with Crippen molar-refractivity contribution in [2.24, 2.45) is 5.92 Å². The van der Waals surface area contributed by atoms with Gasteiger partial charge in [0.05, 0.1) is 6.54 Å². The van der Waals surface area contributed by atoms with E-state index in [1.54, 1.807) is 0 Å². The molecule has 23 heavy (non-hydrogen) atoms. The van der Waals surface area contributed by atoms with Gasteiger partial charge in [-0.2, -0.15) is 0 Å². The molecule has 1 aromatic heterocycles. The van der Waals surface area contributed by atoms with Crippen LogP contribution in [0.4, 0.5) is 8.78 Å². The van der Waals surface area contributed by atoms with E-state index in [2.05, 4.69) is 10.3 Å². The molecular weight excluding hydrogens is 326 g/mol. The molecule has 2 aromatic rings.